The second kappa shape index (κ2) is 23.8. The third-order valence-corrected chi connectivity index (χ3v) is 9.01. The summed E-state index contributed by atoms with van der Waals surface area (Å²) in [6.07, 6.45) is 6.43. The van der Waals surface area contributed by atoms with Crippen molar-refractivity contribution in [3.63, 3.8) is 0 Å². The van der Waals surface area contributed by atoms with Crippen molar-refractivity contribution in [2.75, 3.05) is 47.9 Å². The molecule has 0 unspecified atom stereocenters. The molecule has 2 rings (SSSR count). The molecule has 0 amide bonds. The first-order valence-electron chi connectivity index (χ1n) is 17.8. The molecule has 0 saturated heterocycles. The summed E-state index contributed by atoms with van der Waals surface area (Å²) in [5.41, 5.74) is 3.43. The Balaban J connectivity index is 2.35. The topological polar surface area (TPSA) is 119 Å². The SMILES string of the molecule is CCC(=O)O[C@@H](C[C@@H](C[C@H](OCc1ccc(OC)cc1)/C(C)=C\[C@@H](CC)COCOCCOC)OC)C(C)(C)c1cccc(C/C=C/C(=O)O)c1. The van der Waals surface area contributed by atoms with Crippen molar-refractivity contribution in [2.45, 2.75) is 97.1 Å². The number of carbonyl (C=O) groups excluding carboxylic acids is 1. The maximum absolute atomic E-state index is 12.8. The lowest BCUT2D eigenvalue weighted by Crippen LogP contribution is -2.41. The van der Waals surface area contributed by atoms with Crippen LogP contribution in [0.15, 0.2) is 72.3 Å². The van der Waals surface area contributed by atoms with Crippen LogP contribution in [0.25, 0.3) is 0 Å². The number of aliphatic carboxylic acids is 1. The van der Waals surface area contributed by atoms with Crippen LogP contribution in [0.1, 0.15) is 77.0 Å². The van der Waals surface area contributed by atoms with Gasteiger partial charge in [0.05, 0.1) is 45.7 Å². The fourth-order valence-electron chi connectivity index (χ4n) is 5.61. The van der Waals surface area contributed by atoms with E-state index in [4.69, 9.17) is 38.3 Å². The van der Waals surface area contributed by atoms with E-state index in [1.807, 2.05) is 48.5 Å². The first-order chi connectivity index (χ1) is 24.5. The quantitative estimate of drug-likeness (QED) is 0.0346. The van der Waals surface area contributed by atoms with Crippen molar-refractivity contribution >= 4 is 11.9 Å². The van der Waals surface area contributed by atoms with Gasteiger partial charge in [-0.05, 0) is 54.2 Å². The van der Waals surface area contributed by atoms with Gasteiger partial charge in [-0.2, -0.15) is 0 Å². The molecule has 0 radical (unpaired) electrons. The van der Waals surface area contributed by atoms with Crippen LogP contribution in [-0.2, 0) is 56.5 Å². The molecule has 0 aromatic heterocycles. The predicted molar refractivity (Wildman–Crippen MR) is 198 cm³/mol. The van der Waals surface area contributed by atoms with Gasteiger partial charge in [-0.15, -0.1) is 0 Å². The summed E-state index contributed by atoms with van der Waals surface area (Å²) in [7, 11) is 4.96. The van der Waals surface area contributed by atoms with Gasteiger partial charge >= 0.3 is 11.9 Å². The van der Waals surface area contributed by atoms with Gasteiger partial charge in [0, 0.05) is 50.9 Å². The Morgan fingerprint density at radius 3 is 2.31 bits per heavy atom. The first-order valence-corrected chi connectivity index (χ1v) is 17.8. The summed E-state index contributed by atoms with van der Waals surface area (Å²) in [6.45, 7) is 12.2. The summed E-state index contributed by atoms with van der Waals surface area (Å²) in [6, 6.07) is 15.8. The number of benzene rings is 2. The summed E-state index contributed by atoms with van der Waals surface area (Å²) >= 11 is 0. The lowest BCUT2D eigenvalue weighted by molar-refractivity contribution is -0.154. The van der Waals surface area contributed by atoms with Crippen LogP contribution in [0.5, 0.6) is 5.75 Å². The highest BCUT2D eigenvalue weighted by Crippen LogP contribution is 2.34. The lowest BCUT2D eigenvalue weighted by atomic mass is 9.76. The standard InChI is InChI=1S/C41H60O10/c1-9-31(27-49-29-48-22-21-45-6)23-30(3)37(50-28-33-17-19-35(46-7)20-18-33)25-36(47-8)26-38(51-40(44)10-2)41(4,5)34-15-11-13-32(24-34)14-12-16-39(42)43/h11-13,15-20,23-24,31,36-38H,9-10,14,21-22,25-29H2,1-8H3,(H,42,43)/b16-12+,30-23-/t31-,36-,37+,38+/m1/s1. The molecule has 51 heavy (non-hydrogen) atoms. The van der Waals surface area contributed by atoms with Gasteiger partial charge in [0.25, 0.3) is 0 Å². The molecular weight excluding hydrogens is 652 g/mol. The zero-order valence-corrected chi connectivity index (χ0v) is 31.9. The van der Waals surface area contributed by atoms with Crippen molar-refractivity contribution in [3.05, 3.63) is 89.0 Å². The van der Waals surface area contributed by atoms with E-state index in [0.29, 0.717) is 45.7 Å². The van der Waals surface area contributed by atoms with Gasteiger partial charge < -0.3 is 38.3 Å². The largest absolute Gasteiger partial charge is 0.497 e. The summed E-state index contributed by atoms with van der Waals surface area (Å²) in [4.78, 5) is 23.8. The Morgan fingerprint density at radius 2 is 1.69 bits per heavy atom. The Kier molecular flexibility index (Phi) is 20.4. The molecule has 2 aromatic carbocycles. The Labute approximate surface area is 305 Å². The smallest absolute Gasteiger partial charge is 0.327 e. The van der Waals surface area contributed by atoms with Gasteiger partial charge in [-0.25, -0.2) is 4.79 Å². The molecular formula is C41H60O10. The monoisotopic (exact) mass is 712 g/mol. The van der Waals surface area contributed by atoms with Crippen LogP contribution in [0.2, 0.25) is 0 Å². The zero-order chi connectivity index (χ0) is 37.6. The van der Waals surface area contributed by atoms with E-state index in [1.165, 1.54) is 0 Å². The van der Waals surface area contributed by atoms with Gasteiger partial charge in [-0.3, -0.25) is 4.79 Å². The molecule has 10 heteroatoms. The number of carboxylic acids is 1. The van der Waals surface area contributed by atoms with Gasteiger partial charge in [-0.1, -0.05) is 76.2 Å². The number of allylic oxidation sites excluding steroid dienone is 1. The molecule has 0 aliphatic carbocycles. The van der Waals surface area contributed by atoms with E-state index in [-0.39, 0.29) is 37.3 Å². The van der Waals surface area contributed by atoms with Crippen LogP contribution < -0.4 is 4.74 Å². The lowest BCUT2D eigenvalue weighted by Gasteiger charge is -2.37. The van der Waals surface area contributed by atoms with E-state index >= 15 is 0 Å². The van der Waals surface area contributed by atoms with Crippen LogP contribution in [0, 0.1) is 5.92 Å². The molecule has 2 aromatic rings. The fraction of sp³-hybridized carbons (Fsp3) is 0.561. The van der Waals surface area contributed by atoms with Gasteiger partial charge in [0.1, 0.15) is 18.6 Å². The molecule has 0 aliphatic rings. The molecule has 0 fully saturated rings. The van der Waals surface area contributed by atoms with E-state index in [0.717, 1.165) is 40.5 Å². The molecule has 10 nitrogen and oxygen atoms in total. The second-order valence-corrected chi connectivity index (χ2v) is 13.1. The Hall–Kier alpha value is -3.54. The molecule has 4 atom stereocenters. The number of methoxy groups -OCH3 is 3. The van der Waals surface area contributed by atoms with Crippen LogP contribution in [0.4, 0.5) is 0 Å². The maximum atomic E-state index is 12.8. The minimum Gasteiger partial charge on any atom is -0.497 e. The third-order valence-electron chi connectivity index (χ3n) is 9.01. The highest BCUT2D eigenvalue weighted by Gasteiger charge is 2.37. The van der Waals surface area contributed by atoms with Crippen LogP contribution in [-0.4, -0.2) is 83.3 Å². The number of rotatable bonds is 26. The van der Waals surface area contributed by atoms with Crippen molar-refractivity contribution in [2.24, 2.45) is 5.92 Å². The Bertz CT molecular complexity index is 1350. The summed E-state index contributed by atoms with van der Waals surface area (Å²) in [5.74, 6) is -0.343. The Morgan fingerprint density at radius 1 is 0.941 bits per heavy atom. The number of carboxylic acid groups (broad SMARTS) is 1. The number of ether oxygens (including phenoxy) is 7. The highest BCUT2D eigenvalue weighted by molar-refractivity contribution is 5.79. The van der Waals surface area contributed by atoms with Crippen molar-refractivity contribution in [3.8, 4) is 5.75 Å². The maximum Gasteiger partial charge on any atom is 0.327 e. The van der Waals surface area contributed by atoms with E-state index < -0.39 is 17.5 Å². The van der Waals surface area contributed by atoms with Crippen molar-refractivity contribution < 1.29 is 47.9 Å². The normalized spacial score (nSPS) is 14.6. The second-order valence-electron chi connectivity index (χ2n) is 13.1. The zero-order valence-electron chi connectivity index (χ0n) is 31.9. The number of hydrogen-bond acceptors (Lipinski definition) is 9. The van der Waals surface area contributed by atoms with Crippen molar-refractivity contribution in [1.29, 1.82) is 0 Å². The van der Waals surface area contributed by atoms with E-state index in [9.17, 15) is 9.59 Å². The average Bonchev–Trinajstić information content (AvgIpc) is 3.13. The summed E-state index contributed by atoms with van der Waals surface area (Å²) in [5, 5.41) is 9.02. The number of hydrogen-bond donors (Lipinski definition) is 1. The van der Waals surface area contributed by atoms with Gasteiger partial charge in [0.15, 0.2) is 0 Å². The molecule has 0 aliphatic heterocycles. The van der Waals surface area contributed by atoms with Crippen LogP contribution in [0.3, 0.4) is 0 Å². The summed E-state index contributed by atoms with van der Waals surface area (Å²) < 4.78 is 40.5. The predicted octanol–water partition coefficient (Wildman–Crippen LogP) is 7.47. The average molecular weight is 713 g/mol. The molecule has 0 heterocycles. The molecule has 1 N–H and O–H groups in total. The minimum atomic E-state index is -0.984. The van der Waals surface area contributed by atoms with Gasteiger partial charge in [0.2, 0.25) is 0 Å². The van der Waals surface area contributed by atoms with E-state index in [1.54, 1.807) is 34.3 Å². The minimum absolute atomic E-state index is 0.152. The number of esters is 1. The first kappa shape index (κ1) is 43.6. The number of carbonyl (C=O) groups is 2. The van der Waals surface area contributed by atoms with Crippen LogP contribution >= 0.6 is 0 Å². The van der Waals surface area contributed by atoms with Crippen molar-refractivity contribution in [1.82, 2.24) is 0 Å². The van der Waals surface area contributed by atoms with E-state index in [2.05, 4.69) is 33.8 Å². The highest BCUT2D eigenvalue weighted by atomic mass is 16.7. The molecule has 284 valence electrons. The fourth-order valence-corrected chi connectivity index (χ4v) is 5.61. The third kappa shape index (κ3) is 16.1. The molecule has 0 spiro atoms. The molecule has 0 saturated carbocycles. The molecule has 0 bridgehead atoms.